The van der Waals surface area contributed by atoms with Gasteiger partial charge in [-0.05, 0) is 37.3 Å². The summed E-state index contributed by atoms with van der Waals surface area (Å²) in [5, 5.41) is 4.14. The fraction of sp³-hybridized carbons (Fsp3) is 0.214. The number of hydrogen-bond acceptors (Lipinski definition) is 5. The van der Waals surface area contributed by atoms with Crippen molar-refractivity contribution >= 4 is 16.6 Å². The fourth-order valence-electron chi connectivity index (χ4n) is 2.04. The van der Waals surface area contributed by atoms with Gasteiger partial charge in [0.25, 0.3) is 5.78 Å². The van der Waals surface area contributed by atoms with E-state index in [1.165, 1.54) is 6.33 Å². The average Bonchev–Trinajstić information content (AvgIpc) is 2.96. The minimum atomic E-state index is -0.985. The molecule has 1 aromatic carbocycles. The SMILES string of the molecule is CC(Oc1ccc(S(C)=O)cc1)c1ccnc2ncnn12. The third-order valence-corrected chi connectivity index (χ3v) is 4.03. The largest absolute Gasteiger partial charge is 0.484 e. The zero-order valence-corrected chi connectivity index (χ0v) is 12.4. The van der Waals surface area contributed by atoms with Crippen LogP contribution in [0.5, 0.6) is 5.75 Å². The molecule has 0 saturated carbocycles. The highest BCUT2D eigenvalue weighted by atomic mass is 32.2. The molecule has 7 heteroatoms. The summed E-state index contributed by atoms with van der Waals surface area (Å²) in [4.78, 5) is 8.95. The lowest BCUT2D eigenvalue weighted by atomic mass is 10.2. The van der Waals surface area contributed by atoms with Gasteiger partial charge >= 0.3 is 0 Å². The second kappa shape index (κ2) is 5.61. The zero-order valence-electron chi connectivity index (χ0n) is 11.6. The van der Waals surface area contributed by atoms with Crippen LogP contribution in [0.15, 0.2) is 47.8 Å². The molecule has 6 nitrogen and oxygen atoms in total. The highest BCUT2D eigenvalue weighted by Gasteiger charge is 2.13. The van der Waals surface area contributed by atoms with Gasteiger partial charge in [0.1, 0.15) is 18.2 Å². The van der Waals surface area contributed by atoms with Gasteiger partial charge in [-0.1, -0.05) is 0 Å². The summed E-state index contributed by atoms with van der Waals surface area (Å²) in [7, 11) is -0.985. The molecular weight excluding hydrogens is 288 g/mol. The molecule has 0 N–H and O–H groups in total. The molecule has 0 aliphatic rings. The van der Waals surface area contributed by atoms with E-state index in [2.05, 4.69) is 15.1 Å². The molecule has 0 radical (unpaired) electrons. The van der Waals surface area contributed by atoms with Crippen LogP contribution >= 0.6 is 0 Å². The molecule has 3 rings (SSSR count). The smallest absolute Gasteiger partial charge is 0.252 e. The lowest BCUT2D eigenvalue weighted by molar-refractivity contribution is 0.218. The molecular formula is C14H14N4O2S. The standard InChI is InChI=1S/C14H14N4O2S/c1-10(13-7-8-15-14-16-9-17-18(13)14)20-11-3-5-12(6-4-11)21(2)19/h3-10H,1-2H3. The molecule has 2 aromatic heterocycles. The summed E-state index contributed by atoms with van der Waals surface area (Å²) in [5.41, 5.74) is 0.862. The van der Waals surface area contributed by atoms with E-state index in [1.54, 1.807) is 29.1 Å². The van der Waals surface area contributed by atoms with Crippen LogP contribution < -0.4 is 4.74 Å². The summed E-state index contributed by atoms with van der Waals surface area (Å²) in [6.07, 6.45) is 4.58. The molecule has 0 aliphatic carbocycles. The highest BCUT2D eigenvalue weighted by Crippen LogP contribution is 2.22. The van der Waals surface area contributed by atoms with Crippen LogP contribution in [0.3, 0.4) is 0 Å². The van der Waals surface area contributed by atoms with Crippen molar-refractivity contribution < 1.29 is 8.95 Å². The van der Waals surface area contributed by atoms with Gasteiger partial charge in [-0.25, -0.2) is 4.98 Å². The van der Waals surface area contributed by atoms with Crippen molar-refractivity contribution in [2.24, 2.45) is 0 Å². The maximum Gasteiger partial charge on any atom is 0.252 e. The number of aromatic nitrogens is 4. The molecule has 0 saturated heterocycles. The van der Waals surface area contributed by atoms with E-state index in [-0.39, 0.29) is 6.10 Å². The molecule has 0 bridgehead atoms. The van der Waals surface area contributed by atoms with E-state index in [9.17, 15) is 4.21 Å². The molecule has 2 atom stereocenters. The number of benzene rings is 1. The Hall–Kier alpha value is -2.28. The van der Waals surface area contributed by atoms with Crippen LogP contribution in [0.25, 0.3) is 5.78 Å². The van der Waals surface area contributed by atoms with E-state index in [0.29, 0.717) is 11.5 Å². The molecule has 2 unspecified atom stereocenters. The second-order valence-electron chi connectivity index (χ2n) is 4.53. The Morgan fingerprint density at radius 3 is 2.67 bits per heavy atom. The van der Waals surface area contributed by atoms with E-state index >= 15 is 0 Å². The van der Waals surface area contributed by atoms with Gasteiger partial charge in [-0.2, -0.15) is 14.6 Å². The summed E-state index contributed by atoms with van der Waals surface area (Å²) in [6.45, 7) is 1.93. The average molecular weight is 302 g/mol. The number of hydrogen-bond donors (Lipinski definition) is 0. The van der Waals surface area contributed by atoms with E-state index < -0.39 is 10.8 Å². The Morgan fingerprint density at radius 2 is 1.95 bits per heavy atom. The maximum atomic E-state index is 11.4. The Kier molecular flexibility index (Phi) is 3.66. The van der Waals surface area contributed by atoms with Crippen molar-refractivity contribution in [2.45, 2.75) is 17.9 Å². The minimum absolute atomic E-state index is 0.213. The number of fused-ring (bicyclic) bond motifs is 1. The van der Waals surface area contributed by atoms with Crippen LogP contribution in [-0.4, -0.2) is 30.0 Å². The van der Waals surface area contributed by atoms with Gasteiger partial charge in [-0.15, -0.1) is 0 Å². The van der Waals surface area contributed by atoms with Gasteiger partial charge in [0.15, 0.2) is 0 Å². The normalized spacial score (nSPS) is 14.0. The minimum Gasteiger partial charge on any atom is -0.484 e. The summed E-state index contributed by atoms with van der Waals surface area (Å²) >= 11 is 0. The van der Waals surface area contributed by atoms with E-state index in [1.807, 2.05) is 25.1 Å². The summed E-state index contributed by atoms with van der Waals surface area (Å²) in [6, 6.07) is 9.08. The third-order valence-electron chi connectivity index (χ3n) is 3.09. The first kappa shape index (κ1) is 13.7. The topological polar surface area (TPSA) is 69.4 Å². The first-order valence-corrected chi connectivity index (χ1v) is 7.96. The third kappa shape index (κ3) is 2.78. The van der Waals surface area contributed by atoms with Gasteiger partial charge < -0.3 is 4.74 Å². The molecule has 108 valence electrons. The molecule has 2 heterocycles. The molecule has 0 spiro atoms. The van der Waals surface area contributed by atoms with Crippen molar-refractivity contribution in [1.29, 1.82) is 0 Å². The summed E-state index contributed by atoms with van der Waals surface area (Å²) in [5.74, 6) is 1.25. The van der Waals surface area contributed by atoms with Crippen LogP contribution in [0, 0.1) is 0 Å². The molecule has 3 aromatic rings. The Bertz CT molecular complexity index is 785. The van der Waals surface area contributed by atoms with Crippen molar-refractivity contribution in [3.63, 3.8) is 0 Å². The van der Waals surface area contributed by atoms with Crippen molar-refractivity contribution in [1.82, 2.24) is 19.6 Å². The predicted molar refractivity (Wildman–Crippen MR) is 78.6 cm³/mol. The van der Waals surface area contributed by atoms with Gasteiger partial charge in [-0.3, -0.25) is 4.21 Å². The summed E-state index contributed by atoms with van der Waals surface area (Å²) < 4.78 is 18.9. The van der Waals surface area contributed by atoms with Crippen LogP contribution in [-0.2, 0) is 10.8 Å². The van der Waals surface area contributed by atoms with E-state index in [0.717, 1.165) is 10.6 Å². The van der Waals surface area contributed by atoms with Crippen LogP contribution in [0.1, 0.15) is 18.7 Å². The molecule has 0 fully saturated rings. The van der Waals surface area contributed by atoms with Crippen molar-refractivity contribution in [3.05, 3.63) is 48.5 Å². The Labute approximate surface area is 124 Å². The van der Waals surface area contributed by atoms with Crippen LogP contribution in [0.2, 0.25) is 0 Å². The zero-order chi connectivity index (χ0) is 14.8. The Balaban J connectivity index is 1.84. The maximum absolute atomic E-state index is 11.4. The molecule has 0 aliphatic heterocycles. The fourth-order valence-corrected chi connectivity index (χ4v) is 2.56. The van der Waals surface area contributed by atoms with E-state index in [4.69, 9.17) is 4.74 Å². The number of nitrogens with zero attached hydrogens (tertiary/aromatic N) is 4. The van der Waals surface area contributed by atoms with Gasteiger partial charge in [0, 0.05) is 28.1 Å². The first-order chi connectivity index (χ1) is 10.1. The van der Waals surface area contributed by atoms with Gasteiger partial charge in [0.05, 0.1) is 5.69 Å². The molecule has 0 amide bonds. The monoisotopic (exact) mass is 302 g/mol. The lowest BCUT2D eigenvalue weighted by Gasteiger charge is -2.15. The van der Waals surface area contributed by atoms with Crippen LogP contribution in [0.4, 0.5) is 0 Å². The first-order valence-electron chi connectivity index (χ1n) is 6.40. The van der Waals surface area contributed by atoms with Crippen molar-refractivity contribution in [3.8, 4) is 5.75 Å². The quantitative estimate of drug-likeness (QED) is 0.737. The predicted octanol–water partition coefficient (Wildman–Crippen LogP) is 2.00. The molecule has 21 heavy (non-hydrogen) atoms. The highest BCUT2D eigenvalue weighted by molar-refractivity contribution is 7.84. The second-order valence-corrected chi connectivity index (χ2v) is 5.91. The van der Waals surface area contributed by atoms with Crippen molar-refractivity contribution in [2.75, 3.05) is 6.26 Å². The lowest BCUT2D eigenvalue weighted by Crippen LogP contribution is -2.10. The number of ether oxygens (including phenoxy) is 1. The van der Waals surface area contributed by atoms with Gasteiger partial charge in [0.2, 0.25) is 0 Å². The Morgan fingerprint density at radius 1 is 1.19 bits per heavy atom. The number of rotatable bonds is 4.